The number of anilines is 2. The van der Waals surface area contributed by atoms with Gasteiger partial charge >= 0.3 is 5.97 Å². The molecule has 0 radical (unpaired) electrons. The van der Waals surface area contributed by atoms with Crippen LogP contribution in [0.1, 0.15) is 23.1 Å². The van der Waals surface area contributed by atoms with Gasteiger partial charge in [-0.1, -0.05) is 35.9 Å². The lowest BCUT2D eigenvalue weighted by atomic mass is 10.1. The molecule has 0 spiro atoms. The first kappa shape index (κ1) is 19.6. The van der Waals surface area contributed by atoms with Crippen molar-refractivity contribution >= 4 is 29.2 Å². The zero-order valence-corrected chi connectivity index (χ0v) is 16.3. The summed E-state index contributed by atoms with van der Waals surface area (Å²) in [4.78, 5) is 38.3. The van der Waals surface area contributed by atoms with Crippen LogP contribution in [0, 0.1) is 26.7 Å². The quantitative estimate of drug-likeness (QED) is 0.809. The van der Waals surface area contributed by atoms with E-state index >= 15 is 0 Å². The lowest BCUT2D eigenvalue weighted by Gasteiger charge is -2.16. The van der Waals surface area contributed by atoms with Gasteiger partial charge in [-0.15, -0.1) is 0 Å². The van der Waals surface area contributed by atoms with Gasteiger partial charge in [0.25, 0.3) is 5.91 Å². The SMILES string of the molecule is Cc1ccc(N2C[C@H](C(=O)OCC(=O)Nc3c(C)cccc3C)CC2=O)cc1. The number of benzene rings is 2. The summed E-state index contributed by atoms with van der Waals surface area (Å²) in [5.41, 5.74) is 4.47. The standard InChI is InChI=1S/C22H24N2O4/c1-14-7-9-18(10-8-14)24-12-17(11-20(24)26)22(27)28-13-19(25)23-21-15(2)5-4-6-16(21)3/h4-10,17H,11-13H2,1-3H3,(H,23,25)/t17-/m1/s1. The molecule has 1 saturated heterocycles. The smallest absolute Gasteiger partial charge is 0.311 e. The number of carbonyl (C=O) groups is 3. The van der Waals surface area contributed by atoms with E-state index < -0.39 is 17.8 Å². The number of hydrogen-bond acceptors (Lipinski definition) is 4. The summed E-state index contributed by atoms with van der Waals surface area (Å²) in [5.74, 6) is -1.61. The second-order valence-electron chi connectivity index (χ2n) is 7.16. The number of para-hydroxylation sites is 1. The molecule has 2 aromatic carbocycles. The van der Waals surface area contributed by atoms with Crippen molar-refractivity contribution < 1.29 is 19.1 Å². The van der Waals surface area contributed by atoms with E-state index in [0.29, 0.717) is 0 Å². The summed E-state index contributed by atoms with van der Waals surface area (Å²) in [7, 11) is 0. The maximum atomic E-state index is 12.3. The Morgan fingerprint density at radius 2 is 1.71 bits per heavy atom. The molecular weight excluding hydrogens is 356 g/mol. The molecule has 1 N–H and O–H groups in total. The summed E-state index contributed by atoms with van der Waals surface area (Å²) in [5, 5.41) is 2.78. The number of hydrogen-bond donors (Lipinski definition) is 1. The second-order valence-corrected chi connectivity index (χ2v) is 7.16. The summed E-state index contributed by atoms with van der Waals surface area (Å²) in [6, 6.07) is 13.3. The molecule has 1 atom stereocenters. The molecular formula is C22H24N2O4. The minimum atomic E-state index is -0.568. The number of nitrogens with zero attached hydrogens (tertiary/aromatic N) is 1. The van der Waals surface area contributed by atoms with Crippen molar-refractivity contribution in [3.05, 3.63) is 59.2 Å². The normalized spacial score (nSPS) is 16.2. The highest BCUT2D eigenvalue weighted by Crippen LogP contribution is 2.26. The largest absolute Gasteiger partial charge is 0.455 e. The van der Waals surface area contributed by atoms with Crippen molar-refractivity contribution in [3.63, 3.8) is 0 Å². The Morgan fingerprint density at radius 1 is 1.07 bits per heavy atom. The lowest BCUT2D eigenvalue weighted by Crippen LogP contribution is -2.28. The number of carbonyl (C=O) groups excluding carboxylic acids is 3. The highest BCUT2D eigenvalue weighted by molar-refractivity contribution is 6.00. The van der Waals surface area contributed by atoms with Crippen molar-refractivity contribution in [3.8, 4) is 0 Å². The van der Waals surface area contributed by atoms with E-state index in [4.69, 9.17) is 4.74 Å². The Bertz CT molecular complexity index is 885. The average Bonchev–Trinajstić information content (AvgIpc) is 3.05. The van der Waals surface area contributed by atoms with Crippen molar-refractivity contribution in [1.29, 1.82) is 0 Å². The van der Waals surface area contributed by atoms with E-state index in [1.807, 2.05) is 63.2 Å². The zero-order chi connectivity index (χ0) is 20.3. The van der Waals surface area contributed by atoms with E-state index in [1.165, 1.54) is 0 Å². The minimum Gasteiger partial charge on any atom is -0.455 e. The Labute approximate surface area is 164 Å². The van der Waals surface area contributed by atoms with E-state index in [1.54, 1.807) is 4.90 Å². The number of esters is 1. The fourth-order valence-electron chi connectivity index (χ4n) is 3.28. The van der Waals surface area contributed by atoms with Gasteiger partial charge in [0.2, 0.25) is 5.91 Å². The van der Waals surface area contributed by atoms with Crippen molar-refractivity contribution in [2.45, 2.75) is 27.2 Å². The molecule has 1 aliphatic heterocycles. The van der Waals surface area contributed by atoms with Gasteiger partial charge in [0, 0.05) is 24.3 Å². The van der Waals surface area contributed by atoms with Crippen LogP contribution in [-0.2, 0) is 19.1 Å². The molecule has 6 heteroatoms. The van der Waals surface area contributed by atoms with Crippen LogP contribution in [0.2, 0.25) is 0 Å². The third kappa shape index (κ3) is 4.39. The summed E-state index contributed by atoms with van der Waals surface area (Å²) >= 11 is 0. The molecule has 0 saturated carbocycles. The molecule has 0 aromatic heterocycles. The molecule has 2 aromatic rings. The van der Waals surface area contributed by atoms with Crippen LogP contribution in [0.15, 0.2) is 42.5 Å². The number of amides is 2. The van der Waals surface area contributed by atoms with Gasteiger partial charge in [0.05, 0.1) is 5.92 Å². The molecule has 0 unspecified atom stereocenters. The minimum absolute atomic E-state index is 0.0885. The number of nitrogens with one attached hydrogen (secondary N) is 1. The topological polar surface area (TPSA) is 75.7 Å². The Balaban J connectivity index is 1.54. The van der Waals surface area contributed by atoms with Gasteiger partial charge in [0.15, 0.2) is 6.61 Å². The fourth-order valence-corrected chi connectivity index (χ4v) is 3.28. The van der Waals surface area contributed by atoms with Crippen LogP contribution in [0.5, 0.6) is 0 Å². The number of ether oxygens (including phenoxy) is 1. The Hall–Kier alpha value is -3.15. The molecule has 0 bridgehead atoms. The highest BCUT2D eigenvalue weighted by Gasteiger charge is 2.36. The van der Waals surface area contributed by atoms with E-state index in [0.717, 1.165) is 28.1 Å². The third-order valence-corrected chi connectivity index (χ3v) is 4.90. The van der Waals surface area contributed by atoms with Crippen molar-refractivity contribution in [2.75, 3.05) is 23.4 Å². The molecule has 1 aliphatic rings. The first-order valence-corrected chi connectivity index (χ1v) is 9.25. The molecule has 1 fully saturated rings. The lowest BCUT2D eigenvalue weighted by molar-refractivity contribution is -0.151. The van der Waals surface area contributed by atoms with Gasteiger partial charge in [-0.25, -0.2) is 0 Å². The van der Waals surface area contributed by atoms with Gasteiger partial charge in [-0.3, -0.25) is 14.4 Å². The Kier molecular flexibility index (Phi) is 5.78. The van der Waals surface area contributed by atoms with Crippen LogP contribution < -0.4 is 10.2 Å². The molecule has 146 valence electrons. The maximum Gasteiger partial charge on any atom is 0.311 e. The predicted molar refractivity (Wildman–Crippen MR) is 107 cm³/mol. The second kappa shape index (κ2) is 8.25. The van der Waals surface area contributed by atoms with Crippen LogP contribution in [0.25, 0.3) is 0 Å². The van der Waals surface area contributed by atoms with Gasteiger partial charge in [-0.2, -0.15) is 0 Å². The zero-order valence-electron chi connectivity index (χ0n) is 16.3. The molecule has 6 nitrogen and oxygen atoms in total. The van der Waals surface area contributed by atoms with E-state index in [2.05, 4.69) is 5.32 Å². The first-order valence-electron chi connectivity index (χ1n) is 9.25. The average molecular weight is 380 g/mol. The molecule has 3 rings (SSSR count). The fraction of sp³-hybridized carbons (Fsp3) is 0.318. The molecule has 0 aliphatic carbocycles. The Morgan fingerprint density at radius 3 is 2.36 bits per heavy atom. The van der Waals surface area contributed by atoms with Crippen LogP contribution in [0.4, 0.5) is 11.4 Å². The summed E-state index contributed by atoms with van der Waals surface area (Å²) < 4.78 is 5.16. The van der Waals surface area contributed by atoms with E-state index in [-0.39, 0.29) is 25.5 Å². The van der Waals surface area contributed by atoms with Crippen LogP contribution in [0.3, 0.4) is 0 Å². The predicted octanol–water partition coefficient (Wildman–Crippen LogP) is 3.15. The summed E-state index contributed by atoms with van der Waals surface area (Å²) in [6.07, 6.45) is 0.0885. The molecule has 2 amide bonds. The molecule has 1 heterocycles. The third-order valence-electron chi connectivity index (χ3n) is 4.90. The first-order chi connectivity index (χ1) is 13.3. The van der Waals surface area contributed by atoms with Gasteiger partial charge in [-0.05, 0) is 44.0 Å². The molecule has 28 heavy (non-hydrogen) atoms. The number of rotatable bonds is 5. The summed E-state index contributed by atoms with van der Waals surface area (Å²) in [6.45, 7) is 5.66. The van der Waals surface area contributed by atoms with Crippen molar-refractivity contribution in [1.82, 2.24) is 0 Å². The monoisotopic (exact) mass is 380 g/mol. The van der Waals surface area contributed by atoms with Gasteiger partial charge < -0.3 is 15.0 Å². The highest BCUT2D eigenvalue weighted by atomic mass is 16.5. The van der Waals surface area contributed by atoms with Crippen LogP contribution in [-0.4, -0.2) is 30.9 Å². The van der Waals surface area contributed by atoms with E-state index in [9.17, 15) is 14.4 Å². The number of aryl methyl sites for hydroxylation is 3. The van der Waals surface area contributed by atoms with Gasteiger partial charge in [0.1, 0.15) is 0 Å². The van der Waals surface area contributed by atoms with Crippen molar-refractivity contribution in [2.24, 2.45) is 5.92 Å². The maximum absolute atomic E-state index is 12.3. The van der Waals surface area contributed by atoms with Crippen LogP contribution >= 0.6 is 0 Å².